The Bertz CT molecular complexity index is 815. The fourth-order valence-electron chi connectivity index (χ4n) is 2.99. The summed E-state index contributed by atoms with van der Waals surface area (Å²) < 4.78 is 5.97. The molecule has 2 aromatic rings. The van der Waals surface area contributed by atoms with Crippen LogP contribution in [-0.2, 0) is 4.79 Å². The summed E-state index contributed by atoms with van der Waals surface area (Å²) in [6, 6.07) is 13.4. The monoisotopic (exact) mass is 306 g/mol. The van der Waals surface area contributed by atoms with Crippen molar-refractivity contribution < 1.29 is 9.53 Å². The second-order valence-electron chi connectivity index (χ2n) is 5.74. The van der Waals surface area contributed by atoms with Crippen molar-refractivity contribution in [3.05, 3.63) is 42.5 Å². The number of likely N-dealkylation sites (tertiary alicyclic amines) is 1. The Hall–Kier alpha value is -3.07. The first kappa shape index (κ1) is 13.6. The van der Waals surface area contributed by atoms with E-state index >= 15 is 0 Å². The minimum Gasteiger partial charge on any atom is -0.457 e. The summed E-state index contributed by atoms with van der Waals surface area (Å²) in [4.78, 5) is 18.5. The summed E-state index contributed by atoms with van der Waals surface area (Å²) in [7, 11) is 0. The van der Waals surface area contributed by atoms with E-state index in [9.17, 15) is 4.79 Å². The maximum Gasteiger partial charge on any atom is 0.270 e. The average molecular weight is 306 g/mol. The quantitative estimate of drug-likeness (QED) is 0.815. The van der Waals surface area contributed by atoms with Crippen molar-refractivity contribution in [2.24, 2.45) is 0 Å². The molecule has 1 aromatic carbocycles. The molecule has 6 heteroatoms. The number of ether oxygens (including phenoxy) is 1. The molecule has 114 valence electrons. The molecule has 1 fully saturated rings. The number of hydrogen-bond donors (Lipinski definition) is 1. The lowest BCUT2D eigenvalue weighted by atomic mass is 10.00. The molecule has 0 bridgehead atoms. The van der Waals surface area contributed by atoms with Gasteiger partial charge in [-0.25, -0.2) is 4.98 Å². The first-order valence-electron chi connectivity index (χ1n) is 7.42. The Labute approximate surface area is 133 Å². The number of benzene rings is 1. The van der Waals surface area contributed by atoms with Gasteiger partial charge in [-0.05, 0) is 12.1 Å². The minimum atomic E-state index is -1.02. The maximum atomic E-state index is 12.4. The summed E-state index contributed by atoms with van der Waals surface area (Å²) >= 11 is 0. The van der Waals surface area contributed by atoms with Gasteiger partial charge in [0.1, 0.15) is 5.69 Å². The summed E-state index contributed by atoms with van der Waals surface area (Å²) in [5.41, 5.74) is 1.31. The first-order valence-corrected chi connectivity index (χ1v) is 7.42. The topological polar surface area (TPSA) is 78.2 Å². The highest BCUT2D eigenvalue weighted by Gasteiger charge is 2.50. The van der Waals surface area contributed by atoms with Gasteiger partial charge in [0.2, 0.25) is 11.5 Å². The third-order valence-electron chi connectivity index (χ3n) is 4.26. The van der Waals surface area contributed by atoms with E-state index in [4.69, 9.17) is 10.00 Å². The van der Waals surface area contributed by atoms with Gasteiger partial charge in [-0.1, -0.05) is 30.3 Å². The number of nitriles is 1. The fraction of sp³-hybridized carbons (Fsp3) is 0.235. The van der Waals surface area contributed by atoms with E-state index in [0.717, 1.165) is 11.3 Å². The van der Waals surface area contributed by atoms with Crippen LogP contribution in [0, 0.1) is 11.5 Å². The van der Waals surface area contributed by atoms with E-state index in [1.807, 2.05) is 36.4 Å². The average Bonchev–Trinajstić information content (AvgIpc) is 3.01. The molecule has 23 heavy (non-hydrogen) atoms. The second-order valence-corrected chi connectivity index (χ2v) is 5.74. The SMILES string of the molecule is N#CN1CCC2(C1)Oc1nc(-c3ccccc3)ccc1NC2=O. The van der Waals surface area contributed by atoms with Crippen molar-refractivity contribution in [2.45, 2.75) is 12.0 Å². The largest absolute Gasteiger partial charge is 0.457 e. The van der Waals surface area contributed by atoms with Gasteiger partial charge in [-0.15, -0.1) is 0 Å². The highest BCUT2D eigenvalue weighted by atomic mass is 16.5. The summed E-state index contributed by atoms with van der Waals surface area (Å²) in [6.07, 6.45) is 2.55. The zero-order valence-electron chi connectivity index (χ0n) is 12.3. The van der Waals surface area contributed by atoms with Crippen LogP contribution in [0.3, 0.4) is 0 Å². The van der Waals surface area contributed by atoms with Crippen molar-refractivity contribution in [3.63, 3.8) is 0 Å². The van der Waals surface area contributed by atoms with Gasteiger partial charge in [0.05, 0.1) is 12.2 Å². The van der Waals surface area contributed by atoms with Crippen LogP contribution in [0.2, 0.25) is 0 Å². The van der Waals surface area contributed by atoms with Crippen molar-refractivity contribution in [1.29, 1.82) is 5.26 Å². The van der Waals surface area contributed by atoms with Crippen LogP contribution in [0.15, 0.2) is 42.5 Å². The van der Waals surface area contributed by atoms with Gasteiger partial charge in [-0.2, -0.15) is 5.26 Å². The molecule has 0 aliphatic carbocycles. The standard InChI is InChI=1S/C17H14N4O2/c18-11-21-9-8-17(10-21)16(22)20-14-7-6-13(19-15(14)23-17)12-4-2-1-3-5-12/h1-7H,8-10H2,(H,20,22). The molecule has 6 nitrogen and oxygen atoms in total. The molecule has 4 rings (SSSR count). The van der Waals surface area contributed by atoms with Crippen LogP contribution in [0.4, 0.5) is 5.69 Å². The third-order valence-corrected chi connectivity index (χ3v) is 4.26. The predicted octanol–water partition coefficient (Wildman–Crippen LogP) is 2.01. The normalized spacial score (nSPS) is 22.2. The predicted molar refractivity (Wildman–Crippen MR) is 83.5 cm³/mol. The Kier molecular flexibility index (Phi) is 2.95. The molecular formula is C17H14N4O2. The summed E-state index contributed by atoms with van der Waals surface area (Å²) in [6.45, 7) is 0.768. The zero-order chi connectivity index (χ0) is 15.9. The van der Waals surface area contributed by atoms with Crippen LogP contribution in [0.25, 0.3) is 11.3 Å². The summed E-state index contributed by atoms with van der Waals surface area (Å²) in [5.74, 6) is 0.197. The van der Waals surface area contributed by atoms with Gasteiger partial charge >= 0.3 is 0 Å². The number of fused-ring (bicyclic) bond motifs is 1. The number of amides is 1. The molecular weight excluding hydrogens is 292 g/mol. The van der Waals surface area contributed by atoms with Gasteiger partial charge in [0.15, 0.2) is 6.19 Å². The molecule has 1 aromatic heterocycles. The molecule has 3 heterocycles. The van der Waals surface area contributed by atoms with Gasteiger partial charge in [0.25, 0.3) is 5.91 Å². The Morgan fingerprint density at radius 3 is 2.83 bits per heavy atom. The lowest BCUT2D eigenvalue weighted by Crippen LogP contribution is -2.52. The molecule has 2 aliphatic rings. The van der Waals surface area contributed by atoms with Crippen LogP contribution in [-0.4, -0.2) is 34.5 Å². The molecule has 1 amide bonds. The number of nitrogens with zero attached hydrogens (tertiary/aromatic N) is 3. The van der Waals surface area contributed by atoms with Crippen LogP contribution in [0.1, 0.15) is 6.42 Å². The van der Waals surface area contributed by atoms with Crippen LogP contribution >= 0.6 is 0 Å². The fourth-order valence-corrected chi connectivity index (χ4v) is 2.99. The third kappa shape index (κ3) is 2.18. The molecule has 1 atom stereocenters. The van der Waals surface area contributed by atoms with Crippen molar-refractivity contribution in [1.82, 2.24) is 9.88 Å². The van der Waals surface area contributed by atoms with E-state index in [0.29, 0.717) is 24.5 Å². The molecule has 0 saturated carbocycles. The molecule has 1 unspecified atom stereocenters. The molecule has 1 saturated heterocycles. The van der Waals surface area contributed by atoms with Crippen LogP contribution in [0.5, 0.6) is 5.88 Å². The number of carbonyl (C=O) groups is 1. The van der Waals surface area contributed by atoms with E-state index in [1.165, 1.54) is 4.90 Å². The van der Waals surface area contributed by atoms with E-state index < -0.39 is 5.60 Å². The van der Waals surface area contributed by atoms with Crippen LogP contribution < -0.4 is 10.1 Å². The van der Waals surface area contributed by atoms with Gasteiger partial charge in [-0.3, -0.25) is 4.79 Å². The maximum absolute atomic E-state index is 12.4. The summed E-state index contributed by atoms with van der Waals surface area (Å²) in [5, 5.41) is 11.9. The number of aromatic nitrogens is 1. The van der Waals surface area contributed by atoms with E-state index in [2.05, 4.69) is 16.5 Å². The molecule has 1 N–H and O–H groups in total. The smallest absolute Gasteiger partial charge is 0.270 e. The highest BCUT2D eigenvalue weighted by molar-refractivity contribution is 6.01. The lowest BCUT2D eigenvalue weighted by Gasteiger charge is -2.33. The number of anilines is 1. The highest BCUT2D eigenvalue weighted by Crippen LogP contribution is 2.37. The Morgan fingerprint density at radius 1 is 1.26 bits per heavy atom. The molecule has 1 spiro atoms. The number of rotatable bonds is 1. The minimum absolute atomic E-state index is 0.211. The number of nitrogens with one attached hydrogen (secondary N) is 1. The zero-order valence-corrected chi connectivity index (χ0v) is 12.3. The van der Waals surface area contributed by atoms with Crippen molar-refractivity contribution in [2.75, 3.05) is 18.4 Å². The lowest BCUT2D eigenvalue weighted by molar-refractivity contribution is -0.131. The molecule has 0 radical (unpaired) electrons. The van der Waals surface area contributed by atoms with E-state index in [1.54, 1.807) is 6.07 Å². The number of pyridine rings is 1. The van der Waals surface area contributed by atoms with Gasteiger partial charge in [0, 0.05) is 18.5 Å². The van der Waals surface area contributed by atoms with Crippen molar-refractivity contribution >= 4 is 11.6 Å². The first-order chi connectivity index (χ1) is 11.2. The van der Waals surface area contributed by atoms with E-state index in [-0.39, 0.29) is 12.5 Å². The second kappa shape index (κ2) is 4.99. The Balaban J connectivity index is 1.71. The van der Waals surface area contributed by atoms with Crippen molar-refractivity contribution in [3.8, 4) is 23.3 Å². The molecule has 2 aliphatic heterocycles. The number of hydrogen-bond acceptors (Lipinski definition) is 5. The number of carbonyl (C=O) groups excluding carboxylic acids is 1. The Morgan fingerprint density at radius 2 is 2.09 bits per heavy atom. The van der Waals surface area contributed by atoms with Gasteiger partial charge < -0.3 is 15.0 Å².